The first-order valence-corrected chi connectivity index (χ1v) is 5.78. The molecule has 82 valence electrons. The van der Waals surface area contributed by atoms with E-state index in [-0.39, 0.29) is 5.75 Å². The average molecular weight is 226 g/mol. The van der Waals surface area contributed by atoms with E-state index in [1.165, 1.54) is 24.0 Å². The lowest BCUT2D eigenvalue weighted by Crippen LogP contribution is -2.12. The van der Waals surface area contributed by atoms with Gasteiger partial charge in [0.15, 0.2) is 0 Å². The van der Waals surface area contributed by atoms with Crippen molar-refractivity contribution in [3.05, 3.63) is 27.8 Å². The molecule has 2 N–H and O–H groups in total. The average Bonchev–Trinajstić information content (AvgIpc) is 2.25. The molecular weight excluding hydrogens is 210 g/mol. The quantitative estimate of drug-likeness (QED) is 0.811. The van der Waals surface area contributed by atoms with Gasteiger partial charge in [-0.2, -0.15) is 0 Å². The van der Waals surface area contributed by atoms with Crippen LogP contribution in [0.1, 0.15) is 29.5 Å². The van der Waals surface area contributed by atoms with E-state index >= 15 is 0 Å². The minimum atomic E-state index is 0.256. The van der Waals surface area contributed by atoms with Crippen molar-refractivity contribution in [1.29, 1.82) is 0 Å². The summed E-state index contributed by atoms with van der Waals surface area (Å²) in [6.45, 7) is 0.689. The maximum absolute atomic E-state index is 9.91. The Labute approximate surface area is 95.3 Å². The van der Waals surface area contributed by atoms with E-state index in [0.717, 1.165) is 18.4 Å². The summed E-state index contributed by atoms with van der Waals surface area (Å²) >= 11 is 6.01. The maximum atomic E-state index is 9.91. The molecular formula is C12H16ClNO. The van der Waals surface area contributed by atoms with Crippen molar-refractivity contribution in [3.8, 4) is 5.75 Å². The van der Waals surface area contributed by atoms with Gasteiger partial charge in [-0.3, -0.25) is 0 Å². The summed E-state index contributed by atoms with van der Waals surface area (Å²) in [5.41, 5.74) is 3.60. The topological polar surface area (TPSA) is 32.3 Å². The number of hydrogen-bond donors (Lipinski definition) is 2. The number of phenols is 1. The zero-order chi connectivity index (χ0) is 10.8. The van der Waals surface area contributed by atoms with Gasteiger partial charge in [0.25, 0.3) is 0 Å². The van der Waals surface area contributed by atoms with E-state index in [9.17, 15) is 5.11 Å². The highest BCUT2D eigenvalue weighted by molar-refractivity contribution is 6.32. The predicted octanol–water partition coefficient (Wildman–Crippen LogP) is 2.64. The predicted molar refractivity (Wildman–Crippen MR) is 62.5 cm³/mol. The van der Waals surface area contributed by atoms with Crippen LogP contribution in [0.15, 0.2) is 6.07 Å². The zero-order valence-corrected chi connectivity index (χ0v) is 9.69. The van der Waals surface area contributed by atoms with Crippen molar-refractivity contribution in [2.24, 2.45) is 0 Å². The SMILES string of the molecule is CNCc1c(O)c(Cl)cc2c1CCCC2. The van der Waals surface area contributed by atoms with Crippen LogP contribution in [0.4, 0.5) is 0 Å². The smallest absolute Gasteiger partial charge is 0.138 e. The highest BCUT2D eigenvalue weighted by Gasteiger charge is 2.18. The van der Waals surface area contributed by atoms with Crippen LogP contribution in [0.2, 0.25) is 5.02 Å². The number of hydrogen-bond acceptors (Lipinski definition) is 2. The highest BCUT2D eigenvalue weighted by atomic mass is 35.5. The van der Waals surface area contributed by atoms with Crippen molar-refractivity contribution in [2.45, 2.75) is 32.2 Å². The van der Waals surface area contributed by atoms with Gasteiger partial charge in [0.2, 0.25) is 0 Å². The fourth-order valence-electron chi connectivity index (χ4n) is 2.31. The fraction of sp³-hybridized carbons (Fsp3) is 0.500. The molecule has 15 heavy (non-hydrogen) atoms. The van der Waals surface area contributed by atoms with Gasteiger partial charge in [0.1, 0.15) is 5.75 Å². The van der Waals surface area contributed by atoms with Crippen molar-refractivity contribution in [2.75, 3.05) is 7.05 Å². The molecule has 2 rings (SSSR count). The molecule has 0 amide bonds. The molecule has 0 saturated carbocycles. The molecule has 3 heteroatoms. The Hall–Kier alpha value is -0.730. The highest BCUT2D eigenvalue weighted by Crippen LogP contribution is 2.36. The van der Waals surface area contributed by atoms with Gasteiger partial charge in [-0.15, -0.1) is 0 Å². The van der Waals surface area contributed by atoms with Gasteiger partial charge in [-0.05, 0) is 49.9 Å². The Balaban J connectivity index is 2.52. The molecule has 0 atom stereocenters. The summed E-state index contributed by atoms with van der Waals surface area (Å²) in [6.07, 6.45) is 4.60. The van der Waals surface area contributed by atoms with Crippen molar-refractivity contribution in [1.82, 2.24) is 5.32 Å². The van der Waals surface area contributed by atoms with E-state index in [1.54, 1.807) is 0 Å². The lowest BCUT2D eigenvalue weighted by atomic mass is 9.87. The van der Waals surface area contributed by atoms with Gasteiger partial charge in [0, 0.05) is 12.1 Å². The molecule has 1 aliphatic rings. The summed E-state index contributed by atoms with van der Waals surface area (Å²) < 4.78 is 0. The molecule has 0 heterocycles. The maximum Gasteiger partial charge on any atom is 0.138 e. The third-order valence-electron chi connectivity index (χ3n) is 3.04. The molecule has 2 nitrogen and oxygen atoms in total. The second kappa shape index (κ2) is 4.42. The first kappa shape index (κ1) is 10.8. The summed E-state index contributed by atoms with van der Waals surface area (Å²) in [4.78, 5) is 0. The van der Waals surface area contributed by atoms with Crippen LogP contribution in [0.5, 0.6) is 5.75 Å². The number of benzene rings is 1. The first-order valence-electron chi connectivity index (χ1n) is 5.40. The van der Waals surface area contributed by atoms with E-state index in [4.69, 9.17) is 11.6 Å². The molecule has 0 saturated heterocycles. The van der Waals surface area contributed by atoms with Crippen LogP contribution in [-0.4, -0.2) is 12.2 Å². The number of aryl methyl sites for hydroxylation is 1. The summed E-state index contributed by atoms with van der Waals surface area (Å²) in [6, 6.07) is 1.92. The number of phenolic OH excluding ortho intramolecular Hbond substituents is 1. The molecule has 1 aliphatic carbocycles. The van der Waals surface area contributed by atoms with Crippen molar-refractivity contribution >= 4 is 11.6 Å². The van der Waals surface area contributed by atoms with Gasteiger partial charge >= 0.3 is 0 Å². The van der Waals surface area contributed by atoms with E-state index in [1.807, 2.05) is 13.1 Å². The molecule has 0 spiro atoms. The Morgan fingerprint density at radius 2 is 2.13 bits per heavy atom. The number of halogens is 1. The summed E-state index contributed by atoms with van der Waals surface area (Å²) in [5, 5.41) is 13.5. The molecule has 1 aromatic rings. The van der Waals surface area contributed by atoms with Gasteiger partial charge in [-0.1, -0.05) is 11.6 Å². The summed E-state index contributed by atoms with van der Waals surface area (Å²) in [7, 11) is 1.88. The Morgan fingerprint density at radius 1 is 1.40 bits per heavy atom. The first-order chi connectivity index (χ1) is 7.24. The number of rotatable bonds is 2. The molecule has 0 aliphatic heterocycles. The second-order valence-electron chi connectivity index (χ2n) is 4.06. The molecule has 0 bridgehead atoms. The normalized spacial score (nSPS) is 15.1. The number of nitrogens with one attached hydrogen (secondary N) is 1. The zero-order valence-electron chi connectivity index (χ0n) is 8.94. The van der Waals surface area contributed by atoms with Crippen molar-refractivity contribution < 1.29 is 5.11 Å². The van der Waals surface area contributed by atoms with Gasteiger partial charge < -0.3 is 10.4 Å². The van der Waals surface area contributed by atoms with Gasteiger partial charge in [-0.25, -0.2) is 0 Å². The third-order valence-corrected chi connectivity index (χ3v) is 3.33. The molecule has 0 radical (unpaired) electrons. The lowest BCUT2D eigenvalue weighted by Gasteiger charge is -2.21. The van der Waals surface area contributed by atoms with Crippen LogP contribution in [0.3, 0.4) is 0 Å². The monoisotopic (exact) mass is 225 g/mol. The Morgan fingerprint density at radius 3 is 2.87 bits per heavy atom. The van der Waals surface area contributed by atoms with Crippen LogP contribution >= 0.6 is 11.6 Å². The van der Waals surface area contributed by atoms with Crippen LogP contribution in [0.25, 0.3) is 0 Å². The number of fused-ring (bicyclic) bond motifs is 1. The van der Waals surface area contributed by atoms with E-state index in [0.29, 0.717) is 11.6 Å². The fourth-order valence-corrected chi connectivity index (χ4v) is 2.55. The Kier molecular flexibility index (Phi) is 3.17. The number of aromatic hydroxyl groups is 1. The largest absolute Gasteiger partial charge is 0.506 e. The molecule has 0 unspecified atom stereocenters. The molecule has 0 aromatic heterocycles. The van der Waals surface area contributed by atoms with Crippen LogP contribution in [0, 0.1) is 0 Å². The molecule has 1 aromatic carbocycles. The standard InChI is InChI=1S/C12H16ClNO/c1-14-7-10-9-5-3-2-4-8(9)6-11(13)12(10)15/h6,14-15H,2-5,7H2,1H3. The third kappa shape index (κ3) is 1.97. The minimum absolute atomic E-state index is 0.256. The molecule has 0 fully saturated rings. The van der Waals surface area contributed by atoms with Gasteiger partial charge in [0.05, 0.1) is 5.02 Å². The summed E-state index contributed by atoms with van der Waals surface area (Å²) in [5.74, 6) is 0.256. The van der Waals surface area contributed by atoms with E-state index in [2.05, 4.69) is 5.32 Å². The van der Waals surface area contributed by atoms with Crippen molar-refractivity contribution in [3.63, 3.8) is 0 Å². The van der Waals surface area contributed by atoms with E-state index < -0.39 is 0 Å². The van der Waals surface area contributed by atoms with Crippen LogP contribution < -0.4 is 5.32 Å². The minimum Gasteiger partial charge on any atom is -0.506 e. The Bertz CT molecular complexity index is 376. The second-order valence-corrected chi connectivity index (χ2v) is 4.47. The lowest BCUT2D eigenvalue weighted by molar-refractivity contribution is 0.463. The van der Waals surface area contributed by atoms with Crippen LogP contribution in [-0.2, 0) is 19.4 Å².